The third-order valence-electron chi connectivity index (χ3n) is 2.45. The van der Waals surface area contributed by atoms with Gasteiger partial charge in [0.15, 0.2) is 0 Å². The highest BCUT2D eigenvalue weighted by Gasteiger charge is 2.14. The van der Waals surface area contributed by atoms with Crippen LogP contribution in [-0.4, -0.2) is 11.1 Å². The summed E-state index contributed by atoms with van der Waals surface area (Å²) >= 11 is 0. The molecule has 3 N–H and O–H groups in total. The molecule has 0 aliphatic heterocycles. The van der Waals surface area contributed by atoms with Gasteiger partial charge in [0.2, 0.25) is 0 Å². The molecule has 4 heteroatoms. The molecule has 0 unspecified atom stereocenters. The molecule has 0 atom stereocenters. The topological polar surface area (TPSA) is 72.5 Å². The third-order valence-corrected chi connectivity index (χ3v) is 2.45. The lowest BCUT2D eigenvalue weighted by Gasteiger charge is -2.08. The maximum absolute atomic E-state index is 11.5. The van der Waals surface area contributed by atoms with E-state index in [9.17, 15) is 9.90 Å². The first-order valence-electron chi connectivity index (χ1n) is 5.02. The minimum absolute atomic E-state index is 0.102. The summed E-state index contributed by atoms with van der Waals surface area (Å²) in [6, 6.07) is 13.6. The Hall–Kier alpha value is -2.33. The average molecular weight is 229 g/mol. The summed E-state index contributed by atoms with van der Waals surface area (Å²) in [5.74, 6) is 4.34. The molecule has 0 saturated heterocycles. The van der Waals surface area contributed by atoms with Crippen LogP contribution >= 0.6 is 0 Å². The molecule has 4 nitrogen and oxygen atoms in total. The summed E-state index contributed by atoms with van der Waals surface area (Å²) in [4.78, 5) is 15.7. The highest BCUT2D eigenvalue weighted by molar-refractivity contribution is 5.97. The SMILES string of the molecule is NOC(=O)c1ccccc1-c1ccccc1O. The van der Waals surface area contributed by atoms with Crippen LogP contribution in [0.15, 0.2) is 48.5 Å². The number of rotatable bonds is 2. The van der Waals surface area contributed by atoms with Gasteiger partial charge < -0.3 is 9.94 Å². The molecule has 0 spiro atoms. The average Bonchev–Trinajstić information content (AvgIpc) is 2.38. The van der Waals surface area contributed by atoms with Gasteiger partial charge in [-0.15, -0.1) is 0 Å². The van der Waals surface area contributed by atoms with E-state index in [1.165, 1.54) is 0 Å². The monoisotopic (exact) mass is 229 g/mol. The Morgan fingerprint density at radius 3 is 2.24 bits per heavy atom. The molecule has 2 aromatic carbocycles. The van der Waals surface area contributed by atoms with Crippen molar-refractivity contribution in [2.45, 2.75) is 0 Å². The van der Waals surface area contributed by atoms with Gasteiger partial charge in [-0.05, 0) is 17.7 Å². The Balaban J connectivity index is 2.60. The van der Waals surface area contributed by atoms with Crippen molar-refractivity contribution in [3.63, 3.8) is 0 Å². The van der Waals surface area contributed by atoms with Crippen molar-refractivity contribution in [2.24, 2.45) is 5.90 Å². The van der Waals surface area contributed by atoms with Crippen LogP contribution in [0.5, 0.6) is 5.75 Å². The zero-order valence-corrected chi connectivity index (χ0v) is 8.96. The molecular weight excluding hydrogens is 218 g/mol. The number of aromatic hydroxyl groups is 1. The minimum Gasteiger partial charge on any atom is -0.507 e. The summed E-state index contributed by atoms with van der Waals surface area (Å²) in [6.45, 7) is 0. The van der Waals surface area contributed by atoms with Crippen LogP contribution in [0, 0.1) is 0 Å². The number of carbonyl (C=O) groups excluding carboxylic acids is 1. The number of benzene rings is 2. The molecule has 0 aliphatic carbocycles. The zero-order chi connectivity index (χ0) is 12.3. The second kappa shape index (κ2) is 4.67. The predicted molar refractivity (Wildman–Crippen MR) is 63.1 cm³/mol. The van der Waals surface area contributed by atoms with Gasteiger partial charge >= 0.3 is 5.97 Å². The standard InChI is InChI=1S/C13H11NO3/c14-17-13(16)11-7-2-1-5-9(11)10-6-3-4-8-12(10)15/h1-8,15H,14H2. The van der Waals surface area contributed by atoms with E-state index in [0.717, 1.165) is 0 Å². The number of para-hydroxylation sites is 1. The Bertz CT molecular complexity index is 552. The molecule has 0 aromatic heterocycles. The van der Waals surface area contributed by atoms with Gasteiger partial charge in [-0.1, -0.05) is 36.4 Å². The van der Waals surface area contributed by atoms with E-state index in [2.05, 4.69) is 4.84 Å². The van der Waals surface area contributed by atoms with E-state index in [4.69, 9.17) is 5.90 Å². The van der Waals surface area contributed by atoms with E-state index < -0.39 is 5.97 Å². The zero-order valence-electron chi connectivity index (χ0n) is 8.96. The van der Waals surface area contributed by atoms with Gasteiger partial charge in [0.05, 0.1) is 5.56 Å². The van der Waals surface area contributed by atoms with Gasteiger partial charge in [0.1, 0.15) is 5.75 Å². The van der Waals surface area contributed by atoms with E-state index >= 15 is 0 Å². The summed E-state index contributed by atoms with van der Waals surface area (Å²) in [5.41, 5.74) is 1.46. The Morgan fingerprint density at radius 1 is 1.00 bits per heavy atom. The molecule has 86 valence electrons. The molecule has 0 aliphatic rings. The number of hydrogen-bond donors (Lipinski definition) is 2. The number of phenolic OH excluding ortho intramolecular Hbond substituents is 1. The first-order chi connectivity index (χ1) is 8.24. The largest absolute Gasteiger partial charge is 0.507 e. The fourth-order valence-electron chi connectivity index (χ4n) is 1.66. The minimum atomic E-state index is -0.635. The number of phenols is 1. The fraction of sp³-hybridized carbons (Fsp3) is 0. The highest BCUT2D eigenvalue weighted by atomic mass is 16.7. The third kappa shape index (κ3) is 2.11. The molecule has 17 heavy (non-hydrogen) atoms. The van der Waals surface area contributed by atoms with E-state index in [-0.39, 0.29) is 5.75 Å². The van der Waals surface area contributed by atoms with E-state index in [1.807, 2.05) is 0 Å². The van der Waals surface area contributed by atoms with Crippen molar-refractivity contribution in [1.82, 2.24) is 0 Å². The molecule has 0 saturated carbocycles. The van der Waals surface area contributed by atoms with Crippen LogP contribution < -0.4 is 5.90 Å². The van der Waals surface area contributed by atoms with Crippen molar-refractivity contribution >= 4 is 5.97 Å². The van der Waals surface area contributed by atoms with Crippen molar-refractivity contribution in [2.75, 3.05) is 0 Å². The summed E-state index contributed by atoms with van der Waals surface area (Å²) in [5, 5.41) is 9.76. The van der Waals surface area contributed by atoms with Crippen LogP contribution in [0.1, 0.15) is 10.4 Å². The number of nitrogens with two attached hydrogens (primary N) is 1. The van der Waals surface area contributed by atoms with E-state index in [0.29, 0.717) is 16.7 Å². The van der Waals surface area contributed by atoms with Gasteiger partial charge in [0, 0.05) is 5.56 Å². The summed E-state index contributed by atoms with van der Waals surface area (Å²) in [6.07, 6.45) is 0. The quantitative estimate of drug-likeness (QED) is 0.773. The Labute approximate surface area is 98.2 Å². The molecule has 2 aromatic rings. The number of carbonyl (C=O) groups is 1. The van der Waals surface area contributed by atoms with Crippen LogP contribution in [0.25, 0.3) is 11.1 Å². The second-order valence-corrected chi connectivity index (χ2v) is 3.47. The fourth-order valence-corrected chi connectivity index (χ4v) is 1.66. The molecule has 0 heterocycles. The van der Waals surface area contributed by atoms with Crippen molar-refractivity contribution in [3.05, 3.63) is 54.1 Å². The summed E-state index contributed by atoms with van der Waals surface area (Å²) in [7, 11) is 0. The van der Waals surface area contributed by atoms with Crippen LogP contribution in [-0.2, 0) is 4.84 Å². The lowest BCUT2D eigenvalue weighted by atomic mass is 9.99. The molecule has 2 rings (SSSR count). The predicted octanol–water partition coefficient (Wildman–Crippen LogP) is 2.09. The van der Waals surface area contributed by atoms with Gasteiger partial charge in [0.25, 0.3) is 0 Å². The molecule has 0 amide bonds. The smallest absolute Gasteiger partial charge is 0.357 e. The van der Waals surface area contributed by atoms with Crippen LogP contribution in [0.2, 0.25) is 0 Å². The first kappa shape index (κ1) is 11.2. The van der Waals surface area contributed by atoms with E-state index in [1.54, 1.807) is 48.5 Å². The molecule has 0 bridgehead atoms. The normalized spacial score (nSPS) is 9.94. The molecular formula is C13H11NO3. The Kier molecular flexibility index (Phi) is 3.07. The maximum Gasteiger partial charge on any atom is 0.357 e. The van der Waals surface area contributed by atoms with Crippen molar-refractivity contribution < 1.29 is 14.7 Å². The van der Waals surface area contributed by atoms with Crippen LogP contribution in [0.4, 0.5) is 0 Å². The lowest BCUT2D eigenvalue weighted by Crippen LogP contribution is -2.11. The highest BCUT2D eigenvalue weighted by Crippen LogP contribution is 2.31. The van der Waals surface area contributed by atoms with Crippen molar-refractivity contribution in [1.29, 1.82) is 0 Å². The Morgan fingerprint density at radius 2 is 1.59 bits per heavy atom. The number of hydrogen-bond acceptors (Lipinski definition) is 4. The maximum atomic E-state index is 11.5. The summed E-state index contributed by atoms with van der Waals surface area (Å²) < 4.78 is 0. The first-order valence-corrected chi connectivity index (χ1v) is 5.02. The molecule has 0 fully saturated rings. The van der Waals surface area contributed by atoms with Gasteiger partial charge in [-0.2, -0.15) is 5.90 Å². The molecule has 0 radical (unpaired) electrons. The lowest BCUT2D eigenvalue weighted by molar-refractivity contribution is 0.0504. The van der Waals surface area contributed by atoms with Crippen molar-refractivity contribution in [3.8, 4) is 16.9 Å². The van der Waals surface area contributed by atoms with Gasteiger partial charge in [-0.25, -0.2) is 4.79 Å². The second-order valence-electron chi connectivity index (χ2n) is 3.47. The van der Waals surface area contributed by atoms with Gasteiger partial charge in [-0.3, -0.25) is 0 Å². The van der Waals surface area contributed by atoms with Crippen LogP contribution in [0.3, 0.4) is 0 Å².